The first-order valence-electron chi connectivity index (χ1n) is 5.60. The van der Waals surface area contributed by atoms with Crippen LogP contribution in [0.15, 0.2) is 0 Å². The molecule has 0 nitrogen and oxygen atoms in total. The Morgan fingerprint density at radius 1 is 1.00 bits per heavy atom. The van der Waals surface area contributed by atoms with Crippen molar-refractivity contribution >= 4 is 31.9 Å². The summed E-state index contributed by atoms with van der Waals surface area (Å²) >= 11 is 7.34. The van der Waals surface area contributed by atoms with E-state index in [9.17, 15) is 0 Å². The molecule has 0 amide bonds. The van der Waals surface area contributed by atoms with Gasteiger partial charge in [-0.15, -0.1) is 0 Å². The van der Waals surface area contributed by atoms with Gasteiger partial charge in [-0.1, -0.05) is 72.4 Å². The van der Waals surface area contributed by atoms with Crippen molar-refractivity contribution in [2.75, 3.05) is 10.7 Å². The molecule has 0 radical (unpaired) electrons. The van der Waals surface area contributed by atoms with Crippen LogP contribution < -0.4 is 0 Å². The molecule has 0 rings (SSSR count). The van der Waals surface area contributed by atoms with Gasteiger partial charge in [-0.25, -0.2) is 0 Å². The molecule has 0 atom stereocenters. The van der Waals surface area contributed by atoms with E-state index in [0.717, 1.165) is 22.5 Å². The van der Waals surface area contributed by atoms with Gasteiger partial charge < -0.3 is 0 Å². The Labute approximate surface area is 106 Å². The van der Waals surface area contributed by atoms with Crippen LogP contribution >= 0.6 is 31.9 Å². The predicted molar refractivity (Wildman–Crippen MR) is 73.5 cm³/mol. The second-order valence-corrected chi connectivity index (χ2v) is 6.19. The zero-order chi connectivity index (χ0) is 11.2. The van der Waals surface area contributed by atoms with Gasteiger partial charge in [0.05, 0.1) is 0 Å². The average Bonchev–Trinajstić information content (AvgIpc) is 2.12. The van der Waals surface area contributed by atoms with Crippen molar-refractivity contribution in [3.63, 3.8) is 0 Å². The molecule has 0 fully saturated rings. The van der Waals surface area contributed by atoms with Gasteiger partial charge in [0.15, 0.2) is 0 Å². The first-order chi connectivity index (χ1) is 6.48. The van der Waals surface area contributed by atoms with Crippen LogP contribution in [0.25, 0.3) is 0 Å². The van der Waals surface area contributed by atoms with Crippen molar-refractivity contribution < 1.29 is 0 Å². The van der Waals surface area contributed by atoms with Crippen molar-refractivity contribution in [1.82, 2.24) is 0 Å². The maximum Gasteiger partial charge on any atom is 0.00984 e. The third kappa shape index (κ3) is 4.65. The van der Waals surface area contributed by atoms with Gasteiger partial charge in [0.25, 0.3) is 0 Å². The fourth-order valence-electron chi connectivity index (χ4n) is 1.63. The Morgan fingerprint density at radius 2 is 1.50 bits per heavy atom. The zero-order valence-corrected chi connectivity index (χ0v) is 13.1. The van der Waals surface area contributed by atoms with E-state index < -0.39 is 0 Å². The summed E-state index contributed by atoms with van der Waals surface area (Å²) in [5, 5.41) is 2.22. The number of rotatable bonds is 7. The molecule has 86 valence electrons. The van der Waals surface area contributed by atoms with Crippen LogP contribution in [-0.4, -0.2) is 10.7 Å². The Kier molecular flexibility index (Phi) is 7.77. The lowest BCUT2D eigenvalue weighted by Crippen LogP contribution is -2.31. The summed E-state index contributed by atoms with van der Waals surface area (Å²) < 4.78 is 0. The normalized spacial score (nSPS) is 12.9. The van der Waals surface area contributed by atoms with Gasteiger partial charge in [0.1, 0.15) is 0 Å². The van der Waals surface area contributed by atoms with E-state index in [-0.39, 0.29) is 0 Å². The van der Waals surface area contributed by atoms with Crippen LogP contribution in [0, 0.1) is 17.3 Å². The molecular formula is C12H24Br2. The maximum absolute atomic E-state index is 3.67. The van der Waals surface area contributed by atoms with Gasteiger partial charge in [0, 0.05) is 10.7 Å². The van der Waals surface area contributed by atoms with E-state index in [0.29, 0.717) is 5.41 Å². The van der Waals surface area contributed by atoms with Crippen molar-refractivity contribution in [3.05, 3.63) is 0 Å². The lowest BCUT2D eigenvalue weighted by molar-refractivity contribution is 0.236. The Hall–Kier alpha value is 0.960. The van der Waals surface area contributed by atoms with Crippen molar-refractivity contribution in [2.24, 2.45) is 17.3 Å². The van der Waals surface area contributed by atoms with Crippen molar-refractivity contribution in [2.45, 2.75) is 47.0 Å². The lowest BCUT2D eigenvalue weighted by atomic mass is 9.76. The van der Waals surface area contributed by atoms with Crippen LogP contribution in [-0.2, 0) is 0 Å². The van der Waals surface area contributed by atoms with Crippen LogP contribution in [0.4, 0.5) is 0 Å². The summed E-state index contributed by atoms with van der Waals surface area (Å²) in [6.07, 6.45) is 4.04. The summed E-state index contributed by atoms with van der Waals surface area (Å²) in [5.41, 5.74) is 0.453. The van der Waals surface area contributed by atoms with E-state index in [4.69, 9.17) is 0 Å². The van der Waals surface area contributed by atoms with E-state index >= 15 is 0 Å². The minimum absolute atomic E-state index is 0.453. The quantitative estimate of drug-likeness (QED) is 0.560. The SMILES string of the molecule is CC(C)CCCC(CBr)(CBr)C(C)C. The molecule has 0 aliphatic rings. The van der Waals surface area contributed by atoms with Gasteiger partial charge >= 0.3 is 0 Å². The molecule has 0 saturated heterocycles. The van der Waals surface area contributed by atoms with Gasteiger partial charge in [-0.05, 0) is 23.7 Å². The molecule has 0 aliphatic carbocycles. The highest BCUT2D eigenvalue weighted by atomic mass is 79.9. The third-order valence-electron chi connectivity index (χ3n) is 3.21. The highest BCUT2D eigenvalue weighted by Gasteiger charge is 2.30. The van der Waals surface area contributed by atoms with Crippen LogP contribution in [0.1, 0.15) is 47.0 Å². The van der Waals surface area contributed by atoms with E-state index in [1.165, 1.54) is 19.3 Å². The fourth-order valence-corrected chi connectivity index (χ4v) is 4.41. The minimum Gasteiger partial charge on any atom is -0.0922 e. The summed E-state index contributed by atoms with van der Waals surface area (Å²) in [7, 11) is 0. The highest BCUT2D eigenvalue weighted by Crippen LogP contribution is 2.37. The summed E-state index contributed by atoms with van der Waals surface area (Å²) in [6, 6.07) is 0. The van der Waals surface area contributed by atoms with E-state index in [2.05, 4.69) is 59.6 Å². The summed E-state index contributed by atoms with van der Waals surface area (Å²) in [5.74, 6) is 1.58. The number of halogens is 2. The molecule has 2 heteroatoms. The highest BCUT2D eigenvalue weighted by molar-refractivity contribution is 9.09. The molecule has 0 N–H and O–H groups in total. The Morgan fingerprint density at radius 3 is 1.79 bits per heavy atom. The molecule has 0 unspecified atom stereocenters. The molecule has 0 heterocycles. The predicted octanol–water partition coefficient (Wildman–Crippen LogP) is 5.24. The van der Waals surface area contributed by atoms with E-state index in [1.807, 2.05) is 0 Å². The topological polar surface area (TPSA) is 0 Å². The van der Waals surface area contributed by atoms with E-state index in [1.54, 1.807) is 0 Å². The standard InChI is InChI=1S/C12H24Br2/c1-10(2)6-5-7-12(8-13,9-14)11(3)4/h10-11H,5-9H2,1-4H3. The molecule has 0 bridgehead atoms. The smallest absolute Gasteiger partial charge is 0.00984 e. The van der Waals surface area contributed by atoms with Gasteiger partial charge in [0.2, 0.25) is 0 Å². The molecule has 0 aromatic heterocycles. The van der Waals surface area contributed by atoms with Crippen molar-refractivity contribution in [3.8, 4) is 0 Å². The molecule has 0 spiro atoms. The molecule has 0 saturated carbocycles. The van der Waals surface area contributed by atoms with Gasteiger partial charge in [-0.2, -0.15) is 0 Å². The average molecular weight is 328 g/mol. The third-order valence-corrected chi connectivity index (χ3v) is 5.45. The second kappa shape index (κ2) is 7.27. The number of hydrogen-bond donors (Lipinski definition) is 0. The van der Waals surface area contributed by atoms with Crippen LogP contribution in [0.5, 0.6) is 0 Å². The molecule has 14 heavy (non-hydrogen) atoms. The number of alkyl halides is 2. The molecular weight excluding hydrogens is 304 g/mol. The Bertz CT molecular complexity index is 137. The van der Waals surface area contributed by atoms with Gasteiger partial charge in [-0.3, -0.25) is 0 Å². The molecule has 0 aliphatic heterocycles. The van der Waals surface area contributed by atoms with Crippen molar-refractivity contribution in [1.29, 1.82) is 0 Å². The van der Waals surface area contributed by atoms with Crippen LogP contribution in [0.2, 0.25) is 0 Å². The lowest BCUT2D eigenvalue weighted by Gasteiger charge is -2.34. The molecule has 0 aromatic rings. The maximum atomic E-state index is 3.67. The largest absolute Gasteiger partial charge is 0.0922 e. The Balaban J connectivity index is 4.08. The number of hydrogen-bond acceptors (Lipinski definition) is 0. The first-order valence-corrected chi connectivity index (χ1v) is 7.84. The molecule has 0 aromatic carbocycles. The second-order valence-electron chi connectivity index (χ2n) is 5.07. The van der Waals surface area contributed by atoms with Crippen LogP contribution in [0.3, 0.4) is 0 Å². The summed E-state index contributed by atoms with van der Waals surface area (Å²) in [6.45, 7) is 9.27. The first kappa shape index (κ1) is 15.0. The zero-order valence-electron chi connectivity index (χ0n) is 9.95. The fraction of sp³-hybridized carbons (Fsp3) is 1.00. The summed E-state index contributed by atoms with van der Waals surface area (Å²) in [4.78, 5) is 0. The minimum atomic E-state index is 0.453. The monoisotopic (exact) mass is 326 g/mol.